The smallest absolute Gasteiger partial charge is 0.240 e. The Morgan fingerprint density at radius 3 is 2.50 bits per heavy atom. The maximum atomic E-state index is 5.88. The van der Waals surface area contributed by atoms with E-state index in [1.165, 1.54) is 0 Å². The molecule has 6 nitrogen and oxygen atoms in total. The summed E-state index contributed by atoms with van der Waals surface area (Å²) in [5.41, 5.74) is 5.88. The third-order valence-electron chi connectivity index (χ3n) is 3.33. The minimum absolute atomic E-state index is 0.320. The number of rotatable bonds is 2. The largest absolute Gasteiger partial charge is 0.339 e. The molecular formula is C12H15N5O. The molecule has 0 bridgehead atoms. The van der Waals surface area contributed by atoms with Crippen LogP contribution in [-0.2, 0) is 0 Å². The van der Waals surface area contributed by atoms with Crippen molar-refractivity contribution in [1.29, 1.82) is 0 Å². The van der Waals surface area contributed by atoms with Gasteiger partial charge in [0.15, 0.2) is 0 Å². The molecule has 1 fully saturated rings. The van der Waals surface area contributed by atoms with Crippen molar-refractivity contribution in [3.05, 3.63) is 24.4 Å². The minimum atomic E-state index is 0.320. The van der Waals surface area contributed by atoms with Crippen LogP contribution in [0.3, 0.4) is 0 Å². The molecule has 0 amide bonds. The average Bonchev–Trinajstić information content (AvgIpc) is 2.90. The van der Waals surface area contributed by atoms with Crippen molar-refractivity contribution in [1.82, 2.24) is 20.1 Å². The van der Waals surface area contributed by atoms with Crippen molar-refractivity contribution in [2.45, 2.75) is 37.6 Å². The normalized spacial score (nSPS) is 24.1. The number of aromatic nitrogens is 4. The zero-order chi connectivity index (χ0) is 12.4. The third-order valence-corrected chi connectivity index (χ3v) is 3.33. The second-order valence-electron chi connectivity index (χ2n) is 4.64. The lowest BCUT2D eigenvalue weighted by Crippen LogP contribution is -2.25. The van der Waals surface area contributed by atoms with Crippen molar-refractivity contribution >= 4 is 0 Å². The molecule has 1 saturated carbocycles. The molecule has 0 aliphatic heterocycles. The number of hydrogen-bond donors (Lipinski definition) is 1. The third kappa shape index (κ3) is 2.24. The highest BCUT2D eigenvalue weighted by atomic mass is 16.5. The molecule has 18 heavy (non-hydrogen) atoms. The fourth-order valence-electron chi connectivity index (χ4n) is 2.27. The van der Waals surface area contributed by atoms with Gasteiger partial charge >= 0.3 is 0 Å². The fourth-order valence-corrected chi connectivity index (χ4v) is 2.27. The predicted octanol–water partition coefficient (Wildman–Crippen LogP) is 1.51. The van der Waals surface area contributed by atoms with Crippen molar-refractivity contribution in [3.8, 4) is 11.6 Å². The van der Waals surface area contributed by atoms with E-state index in [4.69, 9.17) is 10.3 Å². The van der Waals surface area contributed by atoms with E-state index < -0.39 is 0 Å². The van der Waals surface area contributed by atoms with E-state index in [-0.39, 0.29) is 0 Å². The van der Waals surface area contributed by atoms with Crippen molar-refractivity contribution < 1.29 is 4.52 Å². The summed E-state index contributed by atoms with van der Waals surface area (Å²) in [6.07, 6.45) is 7.39. The van der Waals surface area contributed by atoms with E-state index in [1.807, 2.05) is 0 Å². The lowest BCUT2D eigenvalue weighted by molar-refractivity contribution is 0.301. The Morgan fingerprint density at radius 2 is 1.78 bits per heavy atom. The van der Waals surface area contributed by atoms with Crippen LogP contribution in [0.2, 0.25) is 0 Å². The Hall–Kier alpha value is -1.82. The van der Waals surface area contributed by atoms with Crippen LogP contribution in [-0.4, -0.2) is 26.2 Å². The van der Waals surface area contributed by atoms with Crippen LogP contribution in [0.4, 0.5) is 0 Å². The molecule has 0 aromatic carbocycles. The van der Waals surface area contributed by atoms with Gasteiger partial charge in [-0.05, 0) is 31.7 Å². The highest BCUT2D eigenvalue weighted by Crippen LogP contribution is 2.31. The molecular weight excluding hydrogens is 230 g/mol. The summed E-state index contributed by atoms with van der Waals surface area (Å²) in [6.45, 7) is 0. The van der Waals surface area contributed by atoms with E-state index in [0.717, 1.165) is 25.7 Å². The monoisotopic (exact) mass is 245 g/mol. The maximum Gasteiger partial charge on any atom is 0.240 e. The summed E-state index contributed by atoms with van der Waals surface area (Å²) in [5.74, 6) is 1.97. The molecule has 1 aliphatic rings. The first-order valence-electron chi connectivity index (χ1n) is 6.19. The zero-order valence-electron chi connectivity index (χ0n) is 9.99. The van der Waals surface area contributed by atoms with Gasteiger partial charge in [0.1, 0.15) is 0 Å². The minimum Gasteiger partial charge on any atom is -0.339 e. The van der Waals surface area contributed by atoms with Gasteiger partial charge in [-0.2, -0.15) is 4.98 Å². The molecule has 2 aromatic heterocycles. The lowest BCUT2D eigenvalue weighted by Gasteiger charge is -2.22. The van der Waals surface area contributed by atoms with Gasteiger partial charge in [-0.3, -0.25) is 0 Å². The van der Waals surface area contributed by atoms with Gasteiger partial charge in [-0.15, -0.1) is 0 Å². The van der Waals surface area contributed by atoms with Gasteiger partial charge in [0.05, 0.1) is 0 Å². The van der Waals surface area contributed by atoms with E-state index in [1.54, 1.807) is 18.5 Å². The Labute approximate surface area is 105 Å². The Morgan fingerprint density at radius 1 is 1.06 bits per heavy atom. The summed E-state index contributed by atoms with van der Waals surface area (Å²) in [7, 11) is 0. The van der Waals surface area contributed by atoms with E-state index in [0.29, 0.717) is 29.5 Å². The summed E-state index contributed by atoms with van der Waals surface area (Å²) in [6, 6.07) is 2.08. The number of hydrogen-bond acceptors (Lipinski definition) is 6. The number of nitrogens with two attached hydrogens (primary N) is 1. The van der Waals surface area contributed by atoms with Crippen LogP contribution < -0.4 is 5.73 Å². The second-order valence-corrected chi connectivity index (χ2v) is 4.64. The molecule has 0 radical (unpaired) electrons. The van der Waals surface area contributed by atoms with Crippen LogP contribution in [0.5, 0.6) is 0 Å². The van der Waals surface area contributed by atoms with Gasteiger partial charge in [0, 0.05) is 24.4 Å². The molecule has 1 aliphatic carbocycles. The van der Waals surface area contributed by atoms with E-state index >= 15 is 0 Å². The average molecular weight is 245 g/mol. The summed E-state index contributed by atoms with van der Waals surface area (Å²) in [5, 5.41) is 3.94. The van der Waals surface area contributed by atoms with Crippen LogP contribution in [0.25, 0.3) is 11.6 Å². The first-order chi connectivity index (χ1) is 8.83. The highest BCUT2D eigenvalue weighted by Gasteiger charge is 2.25. The molecule has 0 saturated heterocycles. The molecule has 94 valence electrons. The summed E-state index contributed by atoms with van der Waals surface area (Å²) in [4.78, 5) is 12.6. The van der Waals surface area contributed by atoms with Crippen molar-refractivity contribution in [2.75, 3.05) is 0 Å². The topological polar surface area (TPSA) is 90.7 Å². The molecule has 0 unspecified atom stereocenters. The molecule has 0 spiro atoms. The zero-order valence-corrected chi connectivity index (χ0v) is 9.99. The van der Waals surface area contributed by atoms with Gasteiger partial charge in [0.25, 0.3) is 0 Å². The van der Waals surface area contributed by atoms with Crippen LogP contribution in [0, 0.1) is 0 Å². The summed E-state index contributed by atoms with van der Waals surface area (Å²) >= 11 is 0. The van der Waals surface area contributed by atoms with Gasteiger partial charge in [0.2, 0.25) is 17.5 Å². The van der Waals surface area contributed by atoms with Crippen LogP contribution in [0.15, 0.2) is 23.0 Å². The van der Waals surface area contributed by atoms with E-state index in [9.17, 15) is 0 Å². The Bertz CT molecular complexity index is 504. The molecule has 2 aromatic rings. The maximum absolute atomic E-state index is 5.88. The van der Waals surface area contributed by atoms with Crippen LogP contribution >= 0.6 is 0 Å². The molecule has 6 heteroatoms. The Kier molecular flexibility index (Phi) is 3.02. The first kappa shape index (κ1) is 11.3. The quantitative estimate of drug-likeness (QED) is 0.862. The molecule has 3 rings (SSSR count). The predicted molar refractivity (Wildman–Crippen MR) is 64.5 cm³/mol. The molecule has 0 atom stereocenters. The van der Waals surface area contributed by atoms with Crippen LogP contribution in [0.1, 0.15) is 37.5 Å². The van der Waals surface area contributed by atoms with Gasteiger partial charge < -0.3 is 10.3 Å². The van der Waals surface area contributed by atoms with Gasteiger partial charge in [-0.25, -0.2) is 9.97 Å². The standard InChI is InChI=1S/C12H15N5O/c13-9-4-2-8(3-5-9)12-16-11(17-18-12)10-14-6-1-7-15-10/h1,6-9H,2-5,13H2. The molecule has 2 heterocycles. The fraction of sp³-hybridized carbons (Fsp3) is 0.500. The Balaban J connectivity index is 1.78. The highest BCUT2D eigenvalue weighted by molar-refractivity contribution is 5.40. The lowest BCUT2D eigenvalue weighted by atomic mass is 9.86. The summed E-state index contributed by atoms with van der Waals surface area (Å²) < 4.78 is 5.31. The number of nitrogens with zero attached hydrogens (tertiary/aromatic N) is 4. The van der Waals surface area contributed by atoms with E-state index in [2.05, 4.69) is 20.1 Å². The molecule has 2 N–H and O–H groups in total. The van der Waals surface area contributed by atoms with Gasteiger partial charge in [-0.1, -0.05) is 5.16 Å². The van der Waals surface area contributed by atoms with Crippen molar-refractivity contribution in [3.63, 3.8) is 0 Å². The SMILES string of the molecule is NC1CCC(c2nc(-c3ncccn3)no2)CC1. The van der Waals surface area contributed by atoms with Crippen molar-refractivity contribution in [2.24, 2.45) is 5.73 Å². The first-order valence-corrected chi connectivity index (χ1v) is 6.19. The second kappa shape index (κ2) is 4.81.